The topological polar surface area (TPSA) is 104 Å². The number of nitro groups is 1. The van der Waals surface area contributed by atoms with Gasteiger partial charge < -0.3 is 15.7 Å². The Morgan fingerprint density at radius 3 is 2.80 bits per heavy atom. The van der Waals surface area contributed by atoms with Gasteiger partial charge in [0.25, 0.3) is 11.6 Å². The van der Waals surface area contributed by atoms with Gasteiger partial charge in [-0.1, -0.05) is 0 Å². The van der Waals surface area contributed by atoms with Crippen molar-refractivity contribution >= 4 is 17.3 Å². The van der Waals surface area contributed by atoms with Crippen molar-refractivity contribution < 1.29 is 14.8 Å². The van der Waals surface area contributed by atoms with Crippen molar-refractivity contribution in [3.05, 3.63) is 33.9 Å². The van der Waals surface area contributed by atoms with Gasteiger partial charge in [0.15, 0.2) is 0 Å². The zero-order chi connectivity index (χ0) is 14.7. The van der Waals surface area contributed by atoms with E-state index in [1.807, 2.05) is 0 Å². The number of carbonyl (C=O) groups excluding carboxylic acids is 1. The third-order valence-corrected chi connectivity index (χ3v) is 2.96. The van der Waals surface area contributed by atoms with Gasteiger partial charge in [0.2, 0.25) is 0 Å². The second-order valence-corrected chi connectivity index (χ2v) is 4.97. The van der Waals surface area contributed by atoms with Crippen LogP contribution in [0.25, 0.3) is 0 Å². The molecule has 1 aromatic rings. The van der Waals surface area contributed by atoms with Gasteiger partial charge in [0, 0.05) is 24.2 Å². The van der Waals surface area contributed by atoms with Crippen LogP contribution >= 0.6 is 0 Å². The average molecular weight is 279 g/mol. The molecule has 3 N–H and O–H groups in total. The van der Waals surface area contributed by atoms with Crippen LogP contribution in [-0.2, 0) is 0 Å². The van der Waals surface area contributed by atoms with E-state index in [1.54, 1.807) is 6.92 Å². The van der Waals surface area contributed by atoms with Crippen LogP contribution in [0.5, 0.6) is 0 Å². The molecular weight excluding hydrogens is 262 g/mol. The van der Waals surface area contributed by atoms with Gasteiger partial charge >= 0.3 is 0 Å². The number of carbonyl (C=O) groups is 1. The summed E-state index contributed by atoms with van der Waals surface area (Å²) in [5, 5.41) is 25.8. The van der Waals surface area contributed by atoms with Crippen LogP contribution in [0, 0.1) is 10.1 Å². The molecule has 0 aromatic heterocycles. The molecule has 1 amide bonds. The fourth-order valence-corrected chi connectivity index (χ4v) is 1.73. The lowest BCUT2D eigenvalue weighted by Gasteiger charge is -2.10. The van der Waals surface area contributed by atoms with E-state index >= 15 is 0 Å². The van der Waals surface area contributed by atoms with Crippen molar-refractivity contribution in [2.45, 2.75) is 31.9 Å². The number of amides is 1. The van der Waals surface area contributed by atoms with Crippen molar-refractivity contribution in [1.82, 2.24) is 5.32 Å². The van der Waals surface area contributed by atoms with E-state index in [4.69, 9.17) is 0 Å². The van der Waals surface area contributed by atoms with Crippen LogP contribution in [0.2, 0.25) is 0 Å². The third kappa shape index (κ3) is 3.67. The average Bonchev–Trinajstić information content (AvgIpc) is 3.19. The second-order valence-electron chi connectivity index (χ2n) is 4.97. The summed E-state index contributed by atoms with van der Waals surface area (Å²) in [4.78, 5) is 22.4. The smallest absolute Gasteiger partial charge is 0.293 e. The second kappa shape index (κ2) is 5.87. The minimum atomic E-state index is -0.618. The van der Waals surface area contributed by atoms with Crippen LogP contribution < -0.4 is 10.6 Å². The minimum absolute atomic E-state index is 0.172. The number of nitrogens with zero attached hydrogens (tertiary/aromatic N) is 1. The first-order chi connectivity index (χ1) is 9.47. The Hall–Kier alpha value is -2.15. The Morgan fingerprint density at radius 1 is 1.55 bits per heavy atom. The van der Waals surface area contributed by atoms with Crippen molar-refractivity contribution in [1.29, 1.82) is 0 Å². The van der Waals surface area contributed by atoms with Gasteiger partial charge in [-0.25, -0.2) is 0 Å². The van der Waals surface area contributed by atoms with Crippen molar-refractivity contribution in [3.8, 4) is 0 Å². The lowest BCUT2D eigenvalue weighted by Crippen LogP contribution is -2.25. The molecule has 0 spiro atoms. The molecule has 0 bridgehead atoms. The Labute approximate surface area is 116 Å². The van der Waals surface area contributed by atoms with Gasteiger partial charge in [-0.2, -0.15) is 0 Å². The first-order valence-corrected chi connectivity index (χ1v) is 6.48. The number of benzene rings is 1. The zero-order valence-corrected chi connectivity index (χ0v) is 11.1. The molecule has 1 aliphatic carbocycles. The first kappa shape index (κ1) is 14.3. The highest BCUT2D eigenvalue weighted by Gasteiger charge is 2.25. The predicted molar refractivity (Wildman–Crippen MR) is 73.8 cm³/mol. The van der Waals surface area contributed by atoms with Crippen molar-refractivity contribution in [2.24, 2.45) is 0 Å². The molecule has 0 saturated heterocycles. The largest absolute Gasteiger partial charge is 0.392 e. The number of rotatable bonds is 6. The number of aliphatic hydroxyl groups excluding tert-OH is 1. The Balaban J connectivity index is 2.17. The molecular formula is C13H17N3O4. The summed E-state index contributed by atoms with van der Waals surface area (Å²) in [5.74, 6) is -0.294. The Morgan fingerprint density at radius 2 is 2.25 bits per heavy atom. The molecule has 1 fully saturated rings. The zero-order valence-electron chi connectivity index (χ0n) is 11.1. The molecule has 1 saturated carbocycles. The maximum atomic E-state index is 11.9. The van der Waals surface area contributed by atoms with Crippen LogP contribution in [0.1, 0.15) is 30.1 Å². The summed E-state index contributed by atoms with van der Waals surface area (Å²) in [5.41, 5.74) is 0.388. The monoisotopic (exact) mass is 279 g/mol. The molecule has 0 aliphatic heterocycles. The molecule has 20 heavy (non-hydrogen) atoms. The quantitative estimate of drug-likeness (QED) is 0.537. The highest BCUT2D eigenvalue weighted by molar-refractivity contribution is 5.96. The Kier molecular flexibility index (Phi) is 4.19. The molecule has 1 atom stereocenters. The molecule has 0 radical (unpaired) electrons. The van der Waals surface area contributed by atoms with E-state index in [1.165, 1.54) is 18.2 Å². The minimum Gasteiger partial charge on any atom is -0.392 e. The summed E-state index contributed by atoms with van der Waals surface area (Å²) < 4.78 is 0. The summed E-state index contributed by atoms with van der Waals surface area (Å²) >= 11 is 0. The number of nitrogens with one attached hydrogen (secondary N) is 2. The summed E-state index contributed by atoms with van der Waals surface area (Å²) in [6, 6.07) is 4.48. The van der Waals surface area contributed by atoms with Gasteiger partial charge in [0.1, 0.15) is 5.69 Å². The highest BCUT2D eigenvalue weighted by Crippen LogP contribution is 2.26. The predicted octanol–water partition coefficient (Wildman–Crippen LogP) is 1.28. The lowest BCUT2D eigenvalue weighted by molar-refractivity contribution is -0.384. The normalized spacial score (nSPS) is 15.5. The van der Waals surface area contributed by atoms with E-state index in [2.05, 4.69) is 10.6 Å². The van der Waals surface area contributed by atoms with Crippen LogP contribution in [-0.4, -0.2) is 34.6 Å². The Bertz CT molecular complexity index is 526. The molecule has 0 heterocycles. The maximum Gasteiger partial charge on any atom is 0.293 e. The van der Waals surface area contributed by atoms with Crippen molar-refractivity contribution in [2.75, 3.05) is 11.9 Å². The number of aliphatic hydroxyl groups is 1. The van der Waals surface area contributed by atoms with Gasteiger partial charge in [-0.15, -0.1) is 0 Å². The molecule has 2 rings (SSSR count). The van der Waals surface area contributed by atoms with Gasteiger partial charge in [-0.05, 0) is 31.9 Å². The molecule has 108 valence electrons. The molecule has 7 heteroatoms. The molecule has 1 aliphatic rings. The van der Waals surface area contributed by atoms with Gasteiger partial charge in [0.05, 0.1) is 11.0 Å². The van der Waals surface area contributed by atoms with Gasteiger partial charge in [-0.3, -0.25) is 14.9 Å². The summed E-state index contributed by atoms with van der Waals surface area (Å²) in [6.45, 7) is 1.78. The standard InChI is InChI=1S/C13H17N3O4/c1-8(17)7-14-11-5-2-9(6-12(11)16(19)20)13(18)15-10-3-4-10/h2,5-6,8,10,14,17H,3-4,7H2,1H3,(H,15,18). The number of anilines is 1. The van der Waals surface area contributed by atoms with E-state index in [0.29, 0.717) is 5.69 Å². The fourth-order valence-electron chi connectivity index (χ4n) is 1.73. The lowest BCUT2D eigenvalue weighted by atomic mass is 10.1. The number of hydrogen-bond acceptors (Lipinski definition) is 5. The summed E-state index contributed by atoms with van der Waals surface area (Å²) in [7, 11) is 0. The molecule has 1 unspecified atom stereocenters. The van der Waals surface area contributed by atoms with E-state index in [-0.39, 0.29) is 29.7 Å². The number of nitro benzene ring substituents is 1. The fraction of sp³-hybridized carbons (Fsp3) is 0.462. The van der Waals surface area contributed by atoms with E-state index in [0.717, 1.165) is 12.8 Å². The molecule has 1 aromatic carbocycles. The van der Waals surface area contributed by atoms with Crippen LogP contribution in [0.15, 0.2) is 18.2 Å². The number of hydrogen-bond donors (Lipinski definition) is 3. The summed E-state index contributed by atoms with van der Waals surface area (Å²) in [6.07, 6.45) is 1.30. The third-order valence-electron chi connectivity index (χ3n) is 2.96. The highest BCUT2D eigenvalue weighted by atomic mass is 16.6. The molecule has 7 nitrogen and oxygen atoms in total. The van der Waals surface area contributed by atoms with Crippen LogP contribution in [0.3, 0.4) is 0 Å². The van der Waals surface area contributed by atoms with E-state index < -0.39 is 11.0 Å². The van der Waals surface area contributed by atoms with E-state index in [9.17, 15) is 20.0 Å². The van der Waals surface area contributed by atoms with Crippen molar-refractivity contribution in [3.63, 3.8) is 0 Å². The maximum absolute atomic E-state index is 11.9. The van der Waals surface area contributed by atoms with Crippen LogP contribution in [0.4, 0.5) is 11.4 Å². The first-order valence-electron chi connectivity index (χ1n) is 6.48. The SMILES string of the molecule is CC(O)CNc1ccc(C(=O)NC2CC2)cc1[N+](=O)[O-].